The van der Waals surface area contributed by atoms with Crippen LogP contribution in [0.2, 0.25) is 0 Å². The summed E-state index contributed by atoms with van der Waals surface area (Å²) in [7, 11) is 0. The normalized spacial score (nSPS) is 20.9. The van der Waals surface area contributed by atoms with Crippen LogP contribution in [0.25, 0.3) is 0 Å². The van der Waals surface area contributed by atoms with E-state index in [2.05, 4.69) is 31.2 Å². The zero-order chi connectivity index (χ0) is 15.4. The third-order valence-electron chi connectivity index (χ3n) is 4.37. The SMILES string of the molecule is CCCCc1ccc(C2CC(c3ccccc3)OC2=O)cc1. The maximum absolute atomic E-state index is 12.2. The van der Waals surface area contributed by atoms with Crippen molar-refractivity contribution in [1.82, 2.24) is 0 Å². The highest BCUT2D eigenvalue weighted by Crippen LogP contribution is 2.39. The van der Waals surface area contributed by atoms with Gasteiger partial charge in [-0.3, -0.25) is 4.79 Å². The predicted molar refractivity (Wildman–Crippen MR) is 87.7 cm³/mol. The van der Waals surface area contributed by atoms with E-state index in [1.165, 1.54) is 18.4 Å². The Bertz CT molecular complexity index is 616. The molecule has 0 bridgehead atoms. The molecule has 1 saturated heterocycles. The maximum atomic E-state index is 12.2. The first-order valence-electron chi connectivity index (χ1n) is 8.12. The maximum Gasteiger partial charge on any atom is 0.314 e. The van der Waals surface area contributed by atoms with Crippen LogP contribution in [0, 0.1) is 0 Å². The second kappa shape index (κ2) is 6.78. The number of esters is 1. The van der Waals surface area contributed by atoms with Gasteiger partial charge in [0, 0.05) is 6.42 Å². The van der Waals surface area contributed by atoms with Crippen LogP contribution in [-0.4, -0.2) is 5.97 Å². The number of carbonyl (C=O) groups excluding carboxylic acids is 1. The van der Waals surface area contributed by atoms with Crippen molar-refractivity contribution in [2.24, 2.45) is 0 Å². The molecule has 2 heteroatoms. The summed E-state index contributed by atoms with van der Waals surface area (Å²) < 4.78 is 5.57. The van der Waals surface area contributed by atoms with E-state index in [4.69, 9.17) is 4.74 Å². The van der Waals surface area contributed by atoms with Crippen LogP contribution in [0.5, 0.6) is 0 Å². The van der Waals surface area contributed by atoms with E-state index in [1.54, 1.807) is 0 Å². The largest absolute Gasteiger partial charge is 0.457 e. The molecule has 2 aromatic carbocycles. The van der Waals surface area contributed by atoms with Gasteiger partial charge in [-0.05, 0) is 29.5 Å². The molecule has 114 valence electrons. The molecule has 0 aliphatic carbocycles. The van der Waals surface area contributed by atoms with Gasteiger partial charge in [0.1, 0.15) is 6.10 Å². The lowest BCUT2D eigenvalue weighted by molar-refractivity contribution is -0.142. The van der Waals surface area contributed by atoms with Gasteiger partial charge in [-0.25, -0.2) is 0 Å². The Labute approximate surface area is 132 Å². The van der Waals surface area contributed by atoms with Crippen LogP contribution >= 0.6 is 0 Å². The molecule has 0 N–H and O–H groups in total. The standard InChI is InChI=1S/C20H22O2/c1-2-3-7-15-10-12-16(13-11-15)18-14-19(22-20(18)21)17-8-5-4-6-9-17/h4-6,8-13,18-19H,2-3,7,14H2,1H3. The lowest BCUT2D eigenvalue weighted by Gasteiger charge is -2.09. The average Bonchev–Trinajstić information content (AvgIpc) is 2.96. The quantitative estimate of drug-likeness (QED) is 0.740. The van der Waals surface area contributed by atoms with Crippen LogP contribution < -0.4 is 0 Å². The smallest absolute Gasteiger partial charge is 0.314 e. The van der Waals surface area contributed by atoms with E-state index in [1.807, 2.05) is 30.3 Å². The van der Waals surface area contributed by atoms with Gasteiger partial charge in [0.2, 0.25) is 0 Å². The van der Waals surface area contributed by atoms with Crippen molar-refractivity contribution in [1.29, 1.82) is 0 Å². The Morgan fingerprint density at radius 1 is 1.00 bits per heavy atom. The summed E-state index contributed by atoms with van der Waals surface area (Å²) in [6, 6.07) is 18.5. The first-order valence-corrected chi connectivity index (χ1v) is 8.12. The summed E-state index contributed by atoms with van der Waals surface area (Å²) in [5, 5.41) is 0. The van der Waals surface area contributed by atoms with Crippen LogP contribution in [0.1, 0.15) is 54.9 Å². The Balaban J connectivity index is 1.71. The highest BCUT2D eigenvalue weighted by Gasteiger charge is 2.36. The van der Waals surface area contributed by atoms with Gasteiger partial charge in [0.25, 0.3) is 0 Å². The first-order chi connectivity index (χ1) is 10.8. The van der Waals surface area contributed by atoms with E-state index in [0.717, 1.165) is 24.0 Å². The molecule has 2 nitrogen and oxygen atoms in total. The minimum atomic E-state index is -0.134. The third kappa shape index (κ3) is 3.22. The van der Waals surface area contributed by atoms with Gasteiger partial charge in [-0.15, -0.1) is 0 Å². The summed E-state index contributed by atoms with van der Waals surface area (Å²) in [6.45, 7) is 2.20. The first kappa shape index (κ1) is 14.8. The molecule has 0 amide bonds. The number of rotatable bonds is 5. The molecule has 1 fully saturated rings. The summed E-state index contributed by atoms with van der Waals surface area (Å²) in [6.07, 6.45) is 4.14. The molecule has 0 radical (unpaired) electrons. The monoisotopic (exact) mass is 294 g/mol. The summed E-state index contributed by atoms with van der Waals surface area (Å²) in [5.41, 5.74) is 3.50. The Hall–Kier alpha value is -2.09. The van der Waals surface area contributed by atoms with Crippen molar-refractivity contribution < 1.29 is 9.53 Å². The number of benzene rings is 2. The van der Waals surface area contributed by atoms with Crippen LogP contribution in [-0.2, 0) is 16.0 Å². The summed E-state index contributed by atoms with van der Waals surface area (Å²) in [4.78, 5) is 12.2. The fourth-order valence-electron chi connectivity index (χ4n) is 3.02. The van der Waals surface area contributed by atoms with Gasteiger partial charge in [0.15, 0.2) is 0 Å². The van der Waals surface area contributed by atoms with Gasteiger partial charge >= 0.3 is 5.97 Å². The number of cyclic esters (lactones) is 1. The molecule has 1 aliphatic heterocycles. The molecule has 1 aliphatic rings. The molecular formula is C20H22O2. The molecule has 1 heterocycles. The van der Waals surface area contributed by atoms with Gasteiger partial charge in [-0.1, -0.05) is 67.9 Å². The zero-order valence-corrected chi connectivity index (χ0v) is 13.0. The Morgan fingerprint density at radius 3 is 2.41 bits per heavy atom. The van der Waals surface area contributed by atoms with Crippen LogP contribution in [0.15, 0.2) is 54.6 Å². The van der Waals surface area contributed by atoms with Gasteiger partial charge < -0.3 is 4.74 Å². The van der Waals surface area contributed by atoms with Crippen LogP contribution in [0.4, 0.5) is 0 Å². The van der Waals surface area contributed by atoms with Crippen molar-refractivity contribution in [3.05, 3.63) is 71.3 Å². The second-order valence-electron chi connectivity index (χ2n) is 5.97. The molecular weight excluding hydrogens is 272 g/mol. The number of ether oxygens (including phenoxy) is 1. The highest BCUT2D eigenvalue weighted by molar-refractivity contribution is 5.80. The number of hydrogen-bond acceptors (Lipinski definition) is 2. The fraction of sp³-hybridized carbons (Fsp3) is 0.350. The third-order valence-corrected chi connectivity index (χ3v) is 4.37. The topological polar surface area (TPSA) is 26.3 Å². The van der Waals surface area contributed by atoms with Gasteiger partial charge in [-0.2, -0.15) is 0 Å². The Morgan fingerprint density at radius 2 is 1.73 bits per heavy atom. The van der Waals surface area contributed by atoms with Crippen LogP contribution in [0.3, 0.4) is 0 Å². The van der Waals surface area contributed by atoms with E-state index >= 15 is 0 Å². The van der Waals surface area contributed by atoms with E-state index in [0.29, 0.717) is 0 Å². The number of aryl methyl sites for hydroxylation is 1. The molecule has 2 aromatic rings. The zero-order valence-electron chi connectivity index (χ0n) is 13.0. The van der Waals surface area contributed by atoms with Crippen molar-refractivity contribution in [2.45, 2.75) is 44.6 Å². The van der Waals surface area contributed by atoms with E-state index < -0.39 is 0 Å². The van der Waals surface area contributed by atoms with E-state index in [9.17, 15) is 4.79 Å². The van der Waals surface area contributed by atoms with E-state index in [-0.39, 0.29) is 18.0 Å². The van der Waals surface area contributed by atoms with Crippen molar-refractivity contribution in [3.63, 3.8) is 0 Å². The number of hydrogen-bond donors (Lipinski definition) is 0. The molecule has 3 rings (SSSR count). The van der Waals surface area contributed by atoms with Crippen molar-refractivity contribution in [3.8, 4) is 0 Å². The average molecular weight is 294 g/mol. The molecule has 0 saturated carbocycles. The molecule has 2 atom stereocenters. The van der Waals surface area contributed by atoms with Gasteiger partial charge in [0.05, 0.1) is 5.92 Å². The minimum Gasteiger partial charge on any atom is -0.457 e. The minimum absolute atomic E-state index is 0.102. The van der Waals surface area contributed by atoms with Crippen molar-refractivity contribution in [2.75, 3.05) is 0 Å². The predicted octanol–water partition coefficient (Wildman–Crippen LogP) is 4.80. The lowest BCUT2D eigenvalue weighted by Crippen LogP contribution is -2.05. The molecule has 0 spiro atoms. The number of unbranched alkanes of at least 4 members (excludes halogenated alkanes) is 1. The Kier molecular flexibility index (Phi) is 4.57. The molecule has 0 aromatic heterocycles. The van der Waals surface area contributed by atoms with Crippen molar-refractivity contribution >= 4 is 5.97 Å². The number of carbonyl (C=O) groups is 1. The summed E-state index contributed by atoms with van der Waals surface area (Å²) >= 11 is 0. The highest BCUT2D eigenvalue weighted by atomic mass is 16.6. The fourth-order valence-corrected chi connectivity index (χ4v) is 3.02. The molecule has 2 unspecified atom stereocenters. The molecule has 22 heavy (non-hydrogen) atoms. The lowest BCUT2D eigenvalue weighted by atomic mass is 9.92. The summed E-state index contributed by atoms with van der Waals surface area (Å²) in [5.74, 6) is -0.236. The second-order valence-corrected chi connectivity index (χ2v) is 5.97.